The molecule has 2 aromatic carbocycles. The molecule has 0 bridgehead atoms. The summed E-state index contributed by atoms with van der Waals surface area (Å²) in [7, 11) is -3.67. The van der Waals surface area contributed by atoms with E-state index in [0.717, 1.165) is 24.0 Å². The van der Waals surface area contributed by atoms with E-state index in [1.165, 1.54) is 12.1 Å². The maximum absolute atomic E-state index is 12.5. The Morgan fingerprint density at radius 1 is 1.12 bits per heavy atom. The molecule has 5 nitrogen and oxygen atoms in total. The fourth-order valence-corrected chi connectivity index (χ4v) is 3.40. The van der Waals surface area contributed by atoms with Crippen molar-refractivity contribution in [1.29, 1.82) is 0 Å². The zero-order valence-corrected chi connectivity index (χ0v) is 14.3. The van der Waals surface area contributed by atoms with Gasteiger partial charge in [-0.2, -0.15) is 0 Å². The van der Waals surface area contributed by atoms with Crippen LogP contribution in [0, 0.1) is 6.92 Å². The van der Waals surface area contributed by atoms with E-state index in [9.17, 15) is 13.2 Å². The van der Waals surface area contributed by atoms with Crippen LogP contribution < -0.4 is 10.0 Å². The number of carbonyl (C=O) groups excluding carboxylic acids is 1. The molecule has 0 atom stereocenters. The van der Waals surface area contributed by atoms with Crippen molar-refractivity contribution in [2.45, 2.75) is 37.2 Å². The molecule has 0 aliphatic heterocycles. The monoisotopic (exact) mass is 344 g/mol. The van der Waals surface area contributed by atoms with Crippen LogP contribution in [-0.2, 0) is 16.6 Å². The summed E-state index contributed by atoms with van der Waals surface area (Å²) < 4.78 is 27.5. The SMILES string of the molecule is Cc1ccc(S(=O)(=O)NCc2ccccc2)cc1C(=O)NC1CC1. The fourth-order valence-electron chi connectivity index (χ4n) is 2.36. The van der Waals surface area contributed by atoms with Crippen molar-refractivity contribution in [3.8, 4) is 0 Å². The molecule has 3 rings (SSSR count). The average Bonchev–Trinajstić information content (AvgIpc) is 3.38. The van der Waals surface area contributed by atoms with Gasteiger partial charge >= 0.3 is 0 Å². The fraction of sp³-hybridized carbons (Fsp3) is 0.278. The van der Waals surface area contributed by atoms with Gasteiger partial charge in [-0.25, -0.2) is 13.1 Å². The second kappa shape index (κ2) is 6.75. The maximum atomic E-state index is 12.5. The second-order valence-corrected chi connectivity index (χ2v) is 7.80. The number of rotatable bonds is 6. The lowest BCUT2D eigenvalue weighted by molar-refractivity contribution is 0.0950. The van der Waals surface area contributed by atoms with E-state index in [4.69, 9.17) is 0 Å². The van der Waals surface area contributed by atoms with Crippen LogP contribution in [0.1, 0.15) is 34.3 Å². The summed E-state index contributed by atoms with van der Waals surface area (Å²) in [6.07, 6.45) is 1.98. The first-order valence-corrected chi connectivity index (χ1v) is 9.39. The molecule has 2 aromatic rings. The second-order valence-electron chi connectivity index (χ2n) is 6.03. The van der Waals surface area contributed by atoms with Gasteiger partial charge in [-0.1, -0.05) is 36.4 Å². The molecule has 1 saturated carbocycles. The molecular formula is C18H20N2O3S. The lowest BCUT2D eigenvalue weighted by Crippen LogP contribution is -2.27. The highest BCUT2D eigenvalue weighted by molar-refractivity contribution is 7.89. The Morgan fingerprint density at radius 2 is 1.83 bits per heavy atom. The van der Waals surface area contributed by atoms with Crippen molar-refractivity contribution in [3.05, 3.63) is 65.2 Å². The Hall–Kier alpha value is -2.18. The Morgan fingerprint density at radius 3 is 2.50 bits per heavy atom. The predicted molar refractivity (Wildman–Crippen MR) is 92.1 cm³/mol. The van der Waals surface area contributed by atoms with Gasteiger partial charge in [-0.05, 0) is 43.0 Å². The van der Waals surface area contributed by atoms with Gasteiger partial charge < -0.3 is 5.32 Å². The molecular weight excluding hydrogens is 324 g/mol. The van der Waals surface area contributed by atoms with E-state index in [2.05, 4.69) is 10.0 Å². The van der Waals surface area contributed by atoms with E-state index in [0.29, 0.717) is 5.56 Å². The van der Waals surface area contributed by atoms with Crippen LogP contribution >= 0.6 is 0 Å². The molecule has 1 fully saturated rings. The number of nitrogens with one attached hydrogen (secondary N) is 2. The van der Waals surface area contributed by atoms with Crippen LogP contribution in [0.4, 0.5) is 0 Å². The highest BCUT2D eigenvalue weighted by Gasteiger charge is 2.25. The van der Waals surface area contributed by atoms with Gasteiger partial charge in [0.25, 0.3) is 5.91 Å². The number of sulfonamides is 1. The maximum Gasteiger partial charge on any atom is 0.251 e. The molecule has 0 saturated heterocycles. The summed E-state index contributed by atoms with van der Waals surface area (Å²) in [5, 5.41) is 2.89. The number of hydrogen-bond acceptors (Lipinski definition) is 3. The van der Waals surface area contributed by atoms with Crippen LogP contribution in [0.2, 0.25) is 0 Å². The third-order valence-electron chi connectivity index (χ3n) is 3.99. The summed E-state index contributed by atoms with van der Waals surface area (Å²) in [5.41, 5.74) is 2.04. The lowest BCUT2D eigenvalue weighted by atomic mass is 10.1. The molecule has 0 heterocycles. The third kappa shape index (κ3) is 4.01. The molecule has 24 heavy (non-hydrogen) atoms. The van der Waals surface area contributed by atoms with E-state index >= 15 is 0 Å². The molecule has 0 spiro atoms. The third-order valence-corrected chi connectivity index (χ3v) is 5.38. The molecule has 1 amide bonds. The van der Waals surface area contributed by atoms with E-state index < -0.39 is 10.0 Å². The Bertz CT molecular complexity index is 844. The first-order chi connectivity index (χ1) is 11.5. The molecule has 1 aliphatic carbocycles. The van der Waals surface area contributed by atoms with Gasteiger partial charge in [0.15, 0.2) is 0 Å². The van der Waals surface area contributed by atoms with Crippen LogP contribution in [-0.4, -0.2) is 20.4 Å². The van der Waals surface area contributed by atoms with Crippen molar-refractivity contribution < 1.29 is 13.2 Å². The van der Waals surface area contributed by atoms with Crippen LogP contribution in [0.3, 0.4) is 0 Å². The van der Waals surface area contributed by atoms with Crippen molar-refractivity contribution in [1.82, 2.24) is 10.0 Å². The zero-order valence-electron chi connectivity index (χ0n) is 13.5. The molecule has 0 unspecified atom stereocenters. The average molecular weight is 344 g/mol. The number of hydrogen-bond donors (Lipinski definition) is 2. The number of aryl methyl sites for hydroxylation is 1. The van der Waals surface area contributed by atoms with E-state index in [1.807, 2.05) is 30.3 Å². The highest BCUT2D eigenvalue weighted by Crippen LogP contribution is 2.21. The largest absolute Gasteiger partial charge is 0.349 e. The summed E-state index contributed by atoms with van der Waals surface area (Å²) >= 11 is 0. The minimum Gasteiger partial charge on any atom is -0.349 e. The number of carbonyl (C=O) groups is 1. The predicted octanol–water partition coefficient (Wildman–Crippen LogP) is 2.37. The minimum absolute atomic E-state index is 0.102. The van der Waals surface area contributed by atoms with Crippen molar-refractivity contribution in [2.24, 2.45) is 0 Å². The summed E-state index contributed by atoms with van der Waals surface area (Å²) in [5.74, 6) is -0.213. The topological polar surface area (TPSA) is 75.3 Å². The van der Waals surface area contributed by atoms with E-state index in [1.54, 1.807) is 13.0 Å². The Balaban J connectivity index is 1.78. The summed E-state index contributed by atoms with van der Waals surface area (Å²) in [6, 6.07) is 14.2. The molecule has 6 heteroatoms. The van der Waals surface area contributed by atoms with Gasteiger partial charge in [0.1, 0.15) is 0 Å². The van der Waals surface area contributed by atoms with E-state index in [-0.39, 0.29) is 23.4 Å². The molecule has 126 valence electrons. The van der Waals surface area contributed by atoms with Crippen molar-refractivity contribution in [2.75, 3.05) is 0 Å². The molecule has 0 radical (unpaired) electrons. The van der Waals surface area contributed by atoms with Crippen molar-refractivity contribution >= 4 is 15.9 Å². The summed E-state index contributed by atoms with van der Waals surface area (Å²) in [4.78, 5) is 12.3. The normalized spacial score (nSPS) is 14.4. The first kappa shape index (κ1) is 16.7. The quantitative estimate of drug-likeness (QED) is 0.845. The summed E-state index contributed by atoms with van der Waals surface area (Å²) in [6.45, 7) is 2.01. The highest BCUT2D eigenvalue weighted by atomic mass is 32.2. The Kier molecular flexibility index (Phi) is 4.69. The van der Waals surface area contributed by atoms with Gasteiger partial charge in [0.2, 0.25) is 10.0 Å². The van der Waals surface area contributed by atoms with Crippen molar-refractivity contribution in [3.63, 3.8) is 0 Å². The molecule has 1 aliphatic rings. The van der Waals surface area contributed by atoms with Crippen LogP contribution in [0.5, 0.6) is 0 Å². The zero-order chi connectivity index (χ0) is 17.2. The first-order valence-electron chi connectivity index (χ1n) is 7.91. The van der Waals surface area contributed by atoms with Crippen LogP contribution in [0.25, 0.3) is 0 Å². The van der Waals surface area contributed by atoms with Crippen LogP contribution in [0.15, 0.2) is 53.4 Å². The smallest absolute Gasteiger partial charge is 0.251 e. The molecule has 2 N–H and O–H groups in total. The van der Waals surface area contributed by atoms with Gasteiger partial charge in [-0.3, -0.25) is 4.79 Å². The lowest BCUT2D eigenvalue weighted by Gasteiger charge is -2.11. The number of amides is 1. The van der Waals surface area contributed by atoms with Gasteiger partial charge in [0.05, 0.1) is 4.90 Å². The molecule has 0 aromatic heterocycles. The minimum atomic E-state index is -3.67. The van der Waals surface area contributed by atoms with Gasteiger partial charge in [-0.15, -0.1) is 0 Å². The van der Waals surface area contributed by atoms with Gasteiger partial charge in [0, 0.05) is 18.2 Å². The Labute approximate surface area is 142 Å². The number of benzene rings is 2. The standard InChI is InChI=1S/C18H20N2O3S/c1-13-7-10-16(11-17(13)18(21)20-15-8-9-15)24(22,23)19-12-14-5-3-2-4-6-14/h2-7,10-11,15,19H,8-9,12H2,1H3,(H,20,21).